The molecule has 1 unspecified atom stereocenters. The van der Waals surface area contributed by atoms with Gasteiger partial charge in [-0.3, -0.25) is 0 Å². The molecule has 0 spiro atoms. The first-order valence-electron chi connectivity index (χ1n) is 6.67. The zero-order valence-corrected chi connectivity index (χ0v) is 11.5. The molecule has 0 radical (unpaired) electrons. The first kappa shape index (κ1) is 11.5. The van der Waals surface area contributed by atoms with Gasteiger partial charge in [0.2, 0.25) is 0 Å². The zero-order chi connectivity index (χ0) is 11.8. The van der Waals surface area contributed by atoms with Crippen LogP contribution in [0.5, 0.6) is 0 Å². The summed E-state index contributed by atoms with van der Waals surface area (Å²) in [5.74, 6) is 0.949. The maximum atomic E-state index is 4.81. The topological polar surface area (TPSA) is 28.2 Å². The second-order valence-corrected chi connectivity index (χ2v) is 6.23. The van der Waals surface area contributed by atoms with Gasteiger partial charge in [0, 0.05) is 24.0 Å². The van der Waals surface area contributed by atoms with Crippen molar-refractivity contribution in [3.8, 4) is 0 Å². The van der Waals surface area contributed by atoms with E-state index < -0.39 is 0 Å². The molecule has 2 fully saturated rings. The van der Waals surface area contributed by atoms with Gasteiger partial charge in [0.05, 0.1) is 5.69 Å². The Morgan fingerprint density at radius 1 is 1.47 bits per heavy atom. The molecule has 1 aromatic rings. The van der Waals surface area contributed by atoms with Gasteiger partial charge in [0.1, 0.15) is 0 Å². The lowest BCUT2D eigenvalue weighted by atomic mass is 10.3. The van der Waals surface area contributed by atoms with Crippen LogP contribution < -0.4 is 10.2 Å². The number of anilines is 1. The molecule has 1 atom stereocenters. The van der Waals surface area contributed by atoms with E-state index in [0.29, 0.717) is 6.04 Å². The SMILES string of the molecule is CNC(C)c1csc(N(CC2CC2)C2CC2)n1. The highest BCUT2D eigenvalue weighted by molar-refractivity contribution is 7.13. The van der Waals surface area contributed by atoms with Crippen molar-refractivity contribution in [1.82, 2.24) is 10.3 Å². The van der Waals surface area contributed by atoms with Crippen LogP contribution in [0.25, 0.3) is 0 Å². The van der Waals surface area contributed by atoms with Crippen molar-refractivity contribution in [2.75, 3.05) is 18.5 Å². The molecule has 0 aliphatic heterocycles. The molecule has 2 aliphatic rings. The lowest BCUT2D eigenvalue weighted by molar-refractivity contribution is 0.633. The smallest absolute Gasteiger partial charge is 0.185 e. The fourth-order valence-electron chi connectivity index (χ4n) is 2.10. The van der Waals surface area contributed by atoms with Crippen molar-refractivity contribution in [1.29, 1.82) is 0 Å². The van der Waals surface area contributed by atoms with Gasteiger partial charge in [-0.25, -0.2) is 4.98 Å². The van der Waals surface area contributed by atoms with Crippen molar-refractivity contribution in [3.63, 3.8) is 0 Å². The van der Waals surface area contributed by atoms with Crippen LogP contribution in [0.2, 0.25) is 0 Å². The normalized spacial score (nSPS) is 21.5. The molecule has 0 bridgehead atoms. The molecule has 0 amide bonds. The molecule has 4 heteroatoms. The van der Waals surface area contributed by atoms with E-state index in [1.807, 2.05) is 18.4 Å². The van der Waals surface area contributed by atoms with Gasteiger partial charge in [0.15, 0.2) is 5.13 Å². The third kappa shape index (κ3) is 2.63. The van der Waals surface area contributed by atoms with Gasteiger partial charge < -0.3 is 10.2 Å². The predicted molar refractivity (Wildman–Crippen MR) is 72.7 cm³/mol. The molecule has 0 saturated heterocycles. The number of hydrogen-bond donors (Lipinski definition) is 1. The van der Waals surface area contributed by atoms with Gasteiger partial charge in [0.25, 0.3) is 0 Å². The van der Waals surface area contributed by atoms with Crippen LogP contribution in [0.4, 0.5) is 5.13 Å². The van der Waals surface area contributed by atoms with Gasteiger partial charge in [-0.2, -0.15) is 0 Å². The summed E-state index contributed by atoms with van der Waals surface area (Å²) in [5, 5.41) is 6.71. The molecule has 0 aromatic carbocycles. The first-order valence-corrected chi connectivity index (χ1v) is 7.55. The second-order valence-electron chi connectivity index (χ2n) is 5.39. The minimum atomic E-state index is 0.363. The molecule has 17 heavy (non-hydrogen) atoms. The first-order chi connectivity index (χ1) is 8.28. The Hall–Kier alpha value is -0.610. The number of thiazole rings is 1. The van der Waals surface area contributed by atoms with Gasteiger partial charge in [-0.15, -0.1) is 11.3 Å². The molecule has 94 valence electrons. The highest BCUT2D eigenvalue weighted by Gasteiger charge is 2.35. The van der Waals surface area contributed by atoms with E-state index in [4.69, 9.17) is 4.98 Å². The van der Waals surface area contributed by atoms with E-state index in [-0.39, 0.29) is 0 Å². The van der Waals surface area contributed by atoms with Gasteiger partial charge >= 0.3 is 0 Å². The average Bonchev–Trinajstić information content (AvgIpc) is 3.24. The third-order valence-electron chi connectivity index (χ3n) is 3.77. The molecule has 3 rings (SSSR count). The minimum absolute atomic E-state index is 0.363. The average molecular weight is 251 g/mol. The van der Waals surface area contributed by atoms with E-state index in [9.17, 15) is 0 Å². The Morgan fingerprint density at radius 3 is 2.82 bits per heavy atom. The fourth-order valence-corrected chi connectivity index (χ4v) is 3.10. The van der Waals surface area contributed by atoms with Crippen LogP contribution >= 0.6 is 11.3 Å². The minimum Gasteiger partial charge on any atom is -0.345 e. The summed E-state index contributed by atoms with van der Waals surface area (Å²) in [6.45, 7) is 3.41. The van der Waals surface area contributed by atoms with Crippen molar-refractivity contribution in [2.45, 2.75) is 44.7 Å². The van der Waals surface area contributed by atoms with Crippen LogP contribution in [0.3, 0.4) is 0 Å². The quantitative estimate of drug-likeness (QED) is 0.842. The van der Waals surface area contributed by atoms with E-state index in [2.05, 4.69) is 22.5 Å². The summed E-state index contributed by atoms with van der Waals surface area (Å²) < 4.78 is 0. The summed E-state index contributed by atoms with van der Waals surface area (Å²) in [6.07, 6.45) is 5.58. The predicted octanol–water partition coefficient (Wildman–Crippen LogP) is 2.80. The summed E-state index contributed by atoms with van der Waals surface area (Å²) in [7, 11) is 1.99. The number of hydrogen-bond acceptors (Lipinski definition) is 4. The Labute approximate surface area is 107 Å². The van der Waals surface area contributed by atoms with E-state index in [1.165, 1.54) is 43.1 Å². The largest absolute Gasteiger partial charge is 0.345 e. The van der Waals surface area contributed by atoms with Crippen LogP contribution in [0, 0.1) is 5.92 Å². The standard InChI is InChI=1S/C13H21N3S/c1-9(14-2)12-8-17-13(15-12)16(11-5-6-11)7-10-3-4-10/h8-11,14H,3-7H2,1-2H3. The molecular formula is C13H21N3S. The van der Waals surface area contributed by atoms with Crippen LogP contribution in [0.15, 0.2) is 5.38 Å². The van der Waals surface area contributed by atoms with Crippen molar-refractivity contribution in [3.05, 3.63) is 11.1 Å². The third-order valence-corrected chi connectivity index (χ3v) is 4.67. The summed E-state index contributed by atoms with van der Waals surface area (Å²) in [4.78, 5) is 7.37. The van der Waals surface area contributed by atoms with E-state index in [0.717, 1.165) is 12.0 Å². The Kier molecular flexibility index (Phi) is 3.09. The summed E-state index contributed by atoms with van der Waals surface area (Å²) >= 11 is 1.81. The van der Waals surface area contributed by atoms with Gasteiger partial charge in [-0.05, 0) is 45.6 Å². The van der Waals surface area contributed by atoms with Crippen LogP contribution in [-0.4, -0.2) is 24.6 Å². The summed E-state index contributed by atoms with van der Waals surface area (Å²) in [6, 6.07) is 1.15. The highest BCUT2D eigenvalue weighted by Crippen LogP contribution is 2.39. The van der Waals surface area contributed by atoms with Crippen molar-refractivity contribution in [2.24, 2.45) is 5.92 Å². The van der Waals surface area contributed by atoms with E-state index >= 15 is 0 Å². The molecule has 1 heterocycles. The molecule has 2 saturated carbocycles. The molecule has 2 aliphatic carbocycles. The van der Waals surface area contributed by atoms with E-state index in [1.54, 1.807) is 0 Å². The lowest BCUT2D eigenvalue weighted by Gasteiger charge is -2.21. The monoisotopic (exact) mass is 251 g/mol. The number of nitrogens with zero attached hydrogens (tertiary/aromatic N) is 2. The lowest BCUT2D eigenvalue weighted by Crippen LogP contribution is -2.28. The molecular weight excluding hydrogens is 230 g/mol. The number of aromatic nitrogens is 1. The number of nitrogens with one attached hydrogen (secondary N) is 1. The van der Waals surface area contributed by atoms with Gasteiger partial charge in [-0.1, -0.05) is 0 Å². The molecule has 1 N–H and O–H groups in total. The second kappa shape index (κ2) is 4.58. The Bertz CT molecular complexity index is 382. The van der Waals surface area contributed by atoms with Crippen LogP contribution in [0.1, 0.15) is 44.3 Å². The highest BCUT2D eigenvalue weighted by atomic mass is 32.1. The van der Waals surface area contributed by atoms with Crippen molar-refractivity contribution < 1.29 is 0 Å². The molecule has 3 nitrogen and oxygen atoms in total. The summed E-state index contributed by atoms with van der Waals surface area (Å²) in [5.41, 5.74) is 1.19. The van der Waals surface area contributed by atoms with Crippen LogP contribution in [-0.2, 0) is 0 Å². The Balaban J connectivity index is 1.73. The maximum absolute atomic E-state index is 4.81. The number of rotatable bonds is 6. The Morgan fingerprint density at radius 2 is 2.24 bits per heavy atom. The van der Waals surface area contributed by atoms with Crippen molar-refractivity contribution >= 4 is 16.5 Å². The zero-order valence-electron chi connectivity index (χ0n) is 10.6. The molecule has 1 aromatic heterocycles. The fraction of sp³-hybridized carbons (Fsp3) is 0.769. The maximum Gasteiger partial charge on any atom is 0.185 e.